The highest BCUT2D eigenvalue weighted by Crippen LogP contribution is 2.47. The summed E-state index contributed by atoms with van der Waals surface area (Å²) in [6, 6.07) is 18.3. The lowest BCUT2D eigenvalue weighted by atomic mass is 9.79. The molecular weight excluding hydrogens is 504 g/mol. The highest BCUT2D eigenvalue weighted by atomic mass is 16.6. The first-order chi connectivity index (χ1) is 19.1. The Balaban J connectivity index is 1.27. The highest BCUT2D eigenvalue weighted by Gasteiger charge is 2.51. The minimum Gasteiger partial charge on any atom is -0.458 e. The Kier molecular flexibility index (Phi) is 6.13. The first kappa shape index (κ1) is 25.7. The molecule has 6 rings (SSSR count). The number of pyridine rings is 2. The number of ether oxygens (including phenoxy) is 1. The Morgan fingerprint density at radius 1 is 1.02 bits per heavy atom. The zero-order valence-corrected chi connectivity index (χ0v) is 22.7. The van der Waals surface area contributed by atoms with Gasteiger partial charge < -0.3 is 15.4 Å². The Bertz CT molecular complexity index is 1660. The summed E-state index contributed by atoms with van der Waals surface area (Å²) in [5, 5.41) is 6.59. The van der Waals surface area contributed by atoms with Crippen LogP contribution in [0.15, 0.2) is 73.1 Å². The molecule has 2 aliphatic rings. The predicted octanol–water partition coefficient (Wildman–Crippen LogP) is 4.30. The van der Waals surface area contributed by atoms with Crippen LogP contribution in [0.3, 0.4) is 0 Å². The molecule has 0 saturated carbocycles. The van der Waals surface area contributed by atoms with Gasteiger partial charge in [0.1, 0.15) is 17.5 Å². The fourth-order valence-corrected chi connectivity index (χ4v) is 5.68. The van der Waals surface area contributed by atoms with Crippen molar-refractivity contribution in [1.29, 1.82) is 0 Å². The summed E-state index contributed by atoms with van der Waals surface area (Å²) in [4.78, 5) is 48.4. The molecule has 0 saturated heterocycles. The van der Waals surface area contributed by atoms with Crippen molar-refractivity contribution in [3.63, 3.8) is 0 Å². The van der Waals surface area contributed by atoms with E-state index in [1.54, 1.807) is 33.0 Å². The van der Waals surface area contributed by atoms with Crippen molar-refractivity contribution in [2.75, 3.05) is 5.32 Å². The van der Waals surface area contributed by atoms with Crippen LogP contribution in [0.4, 0.5) is 5.82 Å². The molecule has 0 fully saturated rings. The summed E-state index contributed by atoms with van der Waals surface area (Å²) >= 11 is 0. The summed E-state index contributed by atoms with van der Waals surface area (Å²) in [5.41, 5.74) is 3.66. The van der Waals surface area contributed by atoms with Gasteiger partial charge in [0.05, 0.1) is 16.5 Å². The Hall–Kier alpha value is -4.59. The Labute approximate surface area is 232 Å². The summed E-state index contributed by atoms with van der Waals surface area (Å²) in [6.45, 7) is 5.39. The van der Waals surface area contributed by atoms with E-state index < -0.39 is 28.9 Å². The van der Waals surface area contributed by atoms with Crippen LogP contribution in [-0.2, 0) is 39.0 Å². The van der Waals surface area contributed by atoms with Crippen molar-refractivity contribution in [2.45, 2.75) is 57.1 Å². The molecule has 2 amide bonds. The van der Waals surface area contributed by atoms with Gasteiger partial charge in [0.2, 0.25) is 5.91 Å². The van der Waals surface area contributed by atoms with Gasteiger partial charge in [-0.25, -0.2) is 9.78 Å². The third-order valence-corrected chi connectivity index (χ3v) is 7.52. The average molecular weight is 535 g/mol. The number of aromatic nitrogens is 2. The number of nitrogens with one attached hydrogen (secondary N) is 2. The van der Waals surface area contributed by atoms with E-state index in [1.807, 2.05) is 54.6 Å². The third-order valence-electron chi connectivity index (χ3n) is 7.52. The minimum absolute atomic E-state index is 0.0407. The second kappa shape index (κ2) is 9.55. The molecule has 2 aromatic carbocycles. The molecule has 1 unspecified atom stereocenters. The Morgan fingerprint density at radius 2 is 1.77 bits per heavy atom. The van der Waals surface area contributed by atoms with Crippen molar-refractivity contribution in [2.24, 2.45) is 0 Å². The van der Waals surface area contributed by atoms with Crippen LogP contribution in [0.5, 0.6) is 0 Å². The smallest absolute Gasteiger partial charge is 0.329 e. The van der Waals surface area contributed by atoms with Gasteiger partial charge in [-0.05, 0) is 74.6 Å². The van der Waals surface area contributed by atoms with Gasteiger partial charge in [0.15, 0.2) is 0 Å². The van der Waals surface area contributed by atoms with Gasteiger partial charge in [-0.3, -0.25) is 14.6 Å². The second-order valence-electron chi connectivity index (χ2n) is 11.6. The topological polar surface area (TPSA) is 110 Å². The maximum absolute atomic E-state index is 13.4. The standard InChI is InChI=1S/C32H30N4O4/c1-31(2,3)40-29(38)26(12-19-8-5-4-6-9-19)35-28(37)23-14-20-13-21-16-32(17-22(21)15-25(20)34-18-23)24-10-7-11-33-27(24)36-30(32)39/h4-11,13-15,18,26H,12,16-17H2,1-3H3,(H,35,37)(H,33,36,39)/t26?,32-/m0/s1. The fraction of sp³-hybridized carbons (Fsp3) is 0.281. The molecule has 2 aromatic heterocycles. The van der Waals surface area contributed by atoms with Crippen molar-refractivity contribution in [3.8, 4) is 0 Å². The summed E-state index contributed by atoms with van der Waals surface area (Å²) in [5.74, 6) is -0.322. The van der Waals surface area contributed by atoms with E-state index in [1.165, 1.54) is 6.20 Å². The minimum atomic E-state index is -0.862. The van der Waals surface area contributed by atoms with E-state index in [9.17, 15) is 14.4 Å². The normalized spacial score (nSPS) is 18.2. The number of fused-ring (bicyclic) bond motifs is 4. The van der Waals surface area contributed by atoms with Crippen LogP contribution in [0.25, 0.3) is 10.9 Å². The first-order valence-corrected chi connectivity index (χ1v) is 13.4. The van der Waals surface area contributed by atoms with Gasteiger partial charge in [0.25, 0.3) is 5.91 Å². The lowest BCUT2D eigenvalue weighted by molar-refractivity contribution is -0.157. The van der Waals surface area contributed by atoms with Gasteiger partial charge >= 0.3 is 5.97 Å². The van der Waals surface area contributed by atoms with E-state index in [0.29, 0.717) is 30.6 Å². The van der Waals surface area contributed by atoms with Crippen LogP contribution in [-0.4, -0.2) is 39.4 Å². The SMILES string of the molecule is CC(C)(C)OC(=O)C(Cc1ccccc1)NC(=O)c1cnc2cc3c(cc2c1)C[C@@]1(C3)C(=O)Nc2ncccc21. The summed E-state index contributed by atoms with van der Waals surface area (Å²) in [7, 11) is 0. The molecule has 8 nitrogen and oxygen atoms in total. The molecule has 1 aliphatic heterocycles. The molecule has 2 N–H and O–H groups in total. The van der Waals surface area contributed by atoms with E-state index in [0.717, 1.165) is 33.2 Å². The molecule has 4 aromatic rings. The van der Waals surface area contributed by atoms with Crippen molar-refractivity contribution >= 4 is 34.5 Å². The van der Waals surface area contributed by atoms with E-state index >= 15 is 0 Å². The molecule has 202 valence electrons. The zero-order chi connectivity index (χ0) is 28.1. The van der Waals surface area contributed by atoms with E-state index in [-0.39, 0.29) is 5.91 Å². The molecule has 1 spiro atoms. The largest absolute Gasteiger partial charge is 0.458 e. The first-order valence-electron chi connectivity index (χ1n) is 13.4. The summed E-state index contributed by atoms with van der Waals surface area (Å²) < 4.78 is 5.60. The van der Waals surface area contributed by atoms with Crippen molar-refractivity contribution in [1.82, 2.24) is 15.3 Å². The molecule has 0 radical (unpaired) electrons. The van der Waals surface area contributed by atoms with Crippen LogP contribution in [0.1, 0.15) is 53.4 Å². The van der Waals surface area contributed by atoms with Crippen LogP contribution >= 0.6 is 0 Å². The van der Waals surface area contributed by atoms with Crippen LogP contribution < -0.4 is 10.6 Å². The number of hydrogen-bond donors (Lipinski definition) is 2. The van der Waals surface area contributed by atoms with E-state index in [2.05, 4.69) is 20.6 Å². The number of carbonyl (C=O) groups excluding carboxylic acids is 3. The average Bonchev–Trinajstić information content (AvgIpc) is 3.42. The molecular formula is C32H30N4O4. The van der Waals surface area contributed by atoms with Gasteiger partial charge in [-0.1, -0.05) is 36.4 Å². The van der Waals surface area contributed by atoms with Crippen LogP contribution in [0.2, 0.25) is 0 Å². The predicted molar refractivity (Wildman–Crippen MR) is 151 cm³/mol. The number of esters is 1. The zero-order valence-electron chi connectivity index (χ0n) is 22.7. The fourth-order valence-electron chi connectivity index (χ4n) is 5.68. The third kappa shape index (κ3) is 4.70. The molecule has 40 heavy (non-hydrogen) atoms. The van der Waals surface area contributed by atoms with E-state index in [4.69, 9.17) is 4.74 Å². The number of rotatable bonds is 5. The Morgan fingerprint density at radius 3 is 2.52 bits per heavy atom. The van der Waals surface area contributed by atoms with Crippen molar-refractivity contribution < 1.29 is 19.1 Å². The number of benzene rings is 2. The van der Waals surface area contributed by atoms with Gasteiger partial charge in [-0.2, -0.15) is 0 Å². The molecule has 3 heterocycles. The number of nitrogens with zero attached hydrogens (tertiary/aromatic N) is 2. The number of anilines is 1. The molecule has 0 bridgehead atoms. The lowest BCUT2D eigenvalue weighted by Gasteiger charge is -2.24. The number of carbonyl (C=O) groups is 3. The van der Waals surface area contributed by atoms with Crippen molar-refractivity contribution in [3.05, 3.63) is 101 Å². The maximum atomic E-state index is 13.4. The van der Waals surface area contributed by atoms with Crippen LogP contribution in [0, 0.1) is 0 Å². The van der Waals surface area contributed by atoms with Gasteiger partial charge in [0, 0.05) is 29.8 Å². The molecule has 8 heteroatoms. The van der Waals surface area contributed by atoms with Gasteiger partial charge in [-0.15, -0.1) is 0 Å². The quantitative estimate of drug-likeness (QED) is 0.370. The molecule has 1 aliphatic carbocycles. The number of hydrogen-bond acceptors (Lipinski definition) is 6. The molecule has 2 atom stereocenters. The maximum Gasteiger partial charge on any atom is 0.329 e. The summed E-state index contributed by atoms with van der Waals surface area (Å²) in [6.07, 6.45) is 4.63. The number of amides is 2. The lowest BCUT2D eigenvalue weighted by Crippen LogP contribution is -2.45. The highest BCUT2D eigenvalue weighted by molar-refractivity contribution is 6.06. The monoisotopic (exact) mass is 534 g/mol. The second-order valence-corrected chi connectivity index (χ2v) is 11.6.